The smallest absolute Gasteiger partial charge is 0.161 e. The minimum absolute atomic E-state index is 0.0258. The van der Waals surface area contributed by atoms with Crippen LogP contribution in [0.5, 0.6) is 0 Å². The van der Waals surface area contributed by atoms with Crippen molar-refractivity contribution in [2.45, 2.75) is 6.04 Å². The van der Waals surface area contributed by atoms with Crippen molar-refractivity contribution in [2.24, 2.45) is 11.5 Å². The Balaban J connectivity index is 3.15. The van der Waals surface area contributed by atoms with Crippen molar-refractivity contribution in [3.05, 3.63) is 35.1 Å². The Morgan fingerprint density at radius 1 is 1.08 bits per heavy atom. The molecule has 0 aliphatic carbocycles. The van der Waals surface area contributed by atoms with E-state index in [2.05, 4.69) is 0 Å². The van der Waals surface area contributed by atoms with Crippen molar-refractivity contribution in [1.82, 2.24) is 0 Å². The molecule has 13 heavy (non-hydrogen) atoms. The predicted octanol–water partition coefficient (Wildman–Crippen LogP) is 1.06. The van der Waals surface area contributed by atoms with Crippen molar-refractivity contribution in [2.75, 3.05) is 6.54 Å². The molecule has 72 valence electrons. The highest BCUT2D eigenvalue weighted by atomic mass is 19.2. The minimum Gasteiger partial charge on any atom is -0.329 e. The van der Waals surface area contributed by atoms with E-state index in [1.54, 1.807) is 0 Å². The average molecular weight is 190 g/mol. The zero-order valence-corrected chi connectivity index (χ0v) is 6.73. The minimum atomic E-state index is -1.23. The van der Waals surface area contributed by atoms with Crippen LogP contribution in [0.1, 0.15) is 11.6 Å². The lowest BCUT2D eigenvalue weighted by atomic mass is 10.1. The van der Waals surface area contributed by atoms with Crippen LogP contribution >= 0.6 is 0 Å². The monoisotopic (exact) mass is 190 g/mol. The van der Waals surface area contributed by atoms with Gasteiger partial charge in [0.05, 0.1) is 0 Å². The molecular formula is C8H9F3N2. The number of halogens is 3. The van der Waals surface area contributed by atoms with Crippen LogP contribution in [0.15, 0.2) is 12.1 Å². The van der Waals surface area contributed by atoms with Gasteiger partial charge in [-0.3, -0.25) is 0 Å². The summed E-state index contributed by atoms with van der Waals surface area (Å²) >= 11 is 0. The van der Waals surface area contributed by atoms with Gasteiger partial charge in [-0.2, -0.15) is 0 Å². The van der Waals surface area contributed by atoms with E-state index in [1.165, 1.54) is 0 Å². The van der Waals surface area contributed by atoms with E-state index in [1.807, 2.05) is 0 Å². The second-order valence-corrected chi connectivity index (χ2v) is 2.63. The van der Waals surface area contributed by atoms with E-state index in [0.29, 0.717) is 6.07 Å². The van der Waals surface area contributed by atoms with Crippen molar-refractivity contribution >= 4 is 0 Å². The van der Waals surface area contributed by atoms with E-state index in [4.69, 9.17) is 11.5 Å². The van der Waals surface area contributed by atoms with Gasteiger partial charge >= 0.3 is 0 Å². The zero-order valence-electron chi connectivity index (χ0n) is 6.73. The molecule has 2 nitrogen and oxygen atoms in total. The van der Waals surface area contributed by atoms with E-state index >= 15 is 0 Å². The Labute approximate surface area is 73.3 Å². The molecular weight excluding hydrogens is 181 g/mol. The van der Waals surface area contributed by atoms with E-state index in [-0.39, 0.29) is 12.1 Å². The fourth-order valence-corrected chi connectivity index (χ4v) is 0.949. The van der Waals surface area contributed by atoms with Gasteiger partial charge in [0.2, 0.25) is 0 Å². The van der Waals surface area contributed by atoms with Crippen molar-refractivity contribution in [3.63, 3.8) is 0 Å². The lowest BCUT2D eigenvalue weighted by molar-refractivity contribution is 0.485. The summed E-state index contributed by atoms with van der Waals surface area (Å²) in [6.07, 6.45) is 0. The van der Waals surface area contributed by atoms with Crippen LogP contribution in [-0.2, 0) is 0 Å². The summed E-state index contributed by atoms with van der Waals surface area (Å²) in [6.45, 7) is -0.0258. The Bertz CT molecular complexity index is 315. The number of nitrogens with two attached hydrogens (primary N) is 2. The second kappa shape index (κ2) is 3.76. The van der Waals surface area contributed by atoms with Crippen LogP contribution in [0.4, 0.5) is 13.2 Å². The van der Waals surface area contributed by atoms with Crippen LogP contribution in [0.25, 0.3) is 0 Å². The number of hydrogen-bond acceptors (Lipinski definition) is 2. The quantitative estimate of drug-likeness (QED) is 0.685. The Kier molecular flexibility index (Phi) is 2.90. The molecule has 0 spiro atoms. The summed E-state index contributed by atoms with van der Waals surface area (Å²) < 4.78 is 38.0. The Morgan fingerprint density at radius 2 is 1.62 bits per heavy atom. The second-order valence-electron chi connectivity index (χ2n) is 2.63. The SMILES string of the molecule is NC[C@H](N)c1cc(F)c(F)cc1F. The molecule has 1 atom stereocenters. The van der Waals surface area contributed by atoms with Gasteiger partial charge in [-0.25, -0.2) is 13.2 Å². The normalized spacial score (nSPS) is 13.0. The molecule has 0 aliphatic heterocycles. The van der Waals surface area contributed by atoms with Crippen LogP contribution in [-0.4, -0.2) is 6.54 Å². The third-order valence-electron chi connectivity index (χ3n) is 1.69. The van der Waals surface area contributed by atoms with Crippen LogP contribution in [0.2, 0.25) is 0 Å². The van der Waals surface area contributed by atoms with E-state index < -0.39 is 23.5 Å². The van der Waals surface area contributed by atoms with E-state index in [9.17, 15) is 13.2 Å². The molecule has 0 bridgehead atoms. The first-order valence-electron chi connectivity index (χ1n) is 3.66. The molecule has 0 amide bonds. The molecule has 0 aromatic heterocycles. The number of hydrogen-bond donors (Lipinski definition) is 2. The lowest BCUT2D eigenvalue weighted by Crippen LogP contribution is -2.22. The fourth-order valence-electron chi connectivity index (χ4n) is 0.949. The zero-order chi connectivity index (χ0) is 10.0. The summed E-state index contributed by atoms with van der Waals surface area (Å²) in [5, 5.41) is 0. The van der Waals surface area contributed by atoms with Crippen molar-refractivity contribution < 1.29 is 13.2 Å². The Hall–Kier alpha value is -1.07. The molecule has 4 N–H and O–H groups in total. The first kappa shape index (κ1) is 10.0. The van der Waals surface area contributed by atoms with Crippen LogP contribution in [0, 0.1) is 17.5 Å². The molecule has 0 heterocycles. The molecule has 0 unspecified atom stereocenters. The molecule has 0 aliphatic rings. The molecule has 5 heteroatoms. The van der Waals surface area contributed by atoms with Crippen LogP contribution in [0.3, 0.4) is 0 Å². The van der Waals surface area contributed by atoms with Gasteiger partial charge in [0.1, 0.15) is 5.82 Å². The molecule has 1 aromatic carbocycles. The fraction of sp³-hybridized carbons (Fsp3) is 0.250. The number of rotatable bonds is 2. The highest BCUT2D eigenvalue weighted by Gasteiger charge is 2.14. The average Bonchev–Trinajstić information content (AvgIpc) is 2.10. The summed E-state index contributed by atoms with van der Waals surface area (Å²) in [6, 6.07) is 0.373. The summed E-state index contributed by atoms with van der Waals surface area (Å²) in [5.41, 5.74) is 10.4. The summed E-state index contributed by atoms with van der Waals surface area (Å²) in [7, 11) is 0. The number of benzene rings is 1. The molecule has 0 saturated heterocycles. The van der Waals surface area contributed by atoms with Gasteiger partial charge in [0.15, 0.2) is 11.6 Å². The topological polar surface area (TPSA) is 52.0 Å². The third-order valence-corrected chi connectivity index (χ3v) is 1.69. The highest BCUT2D eigenvalue weighted by molar-refractivity contribution is 5.23. The molecule has 0 radical (unpaired) electrons. The largest absolute Gasteiger partial charge is 0.329 e. The van der Waals surface area contributed by atoms with Gasteiger partial charge in [0.25, 0.3) is 0 Å². The lowest BCUT2D eigenvalue weighted by Gasteiger charge is -2.10. The Morgan fingerprint density at radius 3 is 2.15 bits per heavy atom. The maximum absolute atomic E-state index is 12.9. The summed E-state index contributed by atoms with van der Waals surface area (Å²) in [5.74, 6) is -3.23. The molecule has 1 aromatic rings. The molecule has 0 saturated carbocycles. The van der Waals surface area contributed by atoms with Crippen molar-refractivity contribution in [3.8, 4) is 0 Å². The standard InChI is InChI=1S/C8H9F3N2/c9-5-2-7(11)6(10)1-4(5)8(13)3-12/h1-2,8H,3,12-13H2/t8-/m0/s1. The predicted molar refractivity (Wildman–Crippen MR) is 42.3 cm³/mol. The first-order chi connectivity index (χ1) is 6.06. The van der Waals surface area contributed by atoms with Crippen molar-refractivity contribution in [1.29, 1.82) is 0 Å². The molecule has 0 fully saturated rings. The first-order valence-corrected chi connectivity index (χ1v) is 3.66. The van der Waals surface area contributed by atoms with Gasteiger partial charge in [-0.15, -0.1) is 0 Å². The van der Waals surface area contributed by atoms with Crippen LogP contribution < -0.4 is 11.5 Å². The third kappa shape index (κ3) is 1.99. The molecule has 1 rings (SSSR count). The summed E-state index contributed by atoms with van der Waals surface area (Å²) in [4.78, 5) is 0. The van der Waals surface area contributed by atoms with Gasteiger partial charge < -0.3 is 11.5 Å². The van der Waals surface area contributed by atoms with Gasteiger partial charge in [0, 0.05) is 24.2 Å². The van der Waals surface area contributed by atoms with Gasteiger partial charge in [-0.05, 0) is 6.07 Å². The van der Waals surface area contributed by atoms with Gasteiger partial charge in [-0.1, -0.05) is 0 Å². The van der Waals surface area contributed by atoms with E-state index in [0.717, 1.165) is 6.07 Å². The maximum atomic E-state index is 12.9. The highest BCUT2D eigenvalue weighted by Crippen LogP contribution is 2.18. The maximum Gasteiger partial charge on any atom is 0.161 e.